The molecular formula is C18H17NO3. The van der Waals surface area contributed by atoms with E-state index in [2.05, 4.69) is 12.2 Å². The molecule has 1 aromatic rings. The number of ether oxygens (including phenoxy) is 1. The van der Waals surface area contributed by atoms with Crippen molar-refractivity contribution in [1.82, 2.24) is 0 Å². The molecule has 112 valence electrons. The average molecular weight is 295 g/mol. The lowest BCUT2D eigenvalue weighted by Crippen LogP contribution is -2.40. The second-order valence-electron chi connectivity index (χ2n) is 6.84. The Morgan fingerprint density at radius 2 is 1.59 bits per heavy atom. The van der Waals surface area contributed by atoms with Gasteiger partial charge >= 0.3 is 0 Å². The molecule has 2 amide bonds. The van der Waals surface area contributed by atoms with Crippen LogP contribution in [0, 0.1) is 35.5 Å². The number of imide groups is 1. The monoisotopic (exact) mass is 295 g/mol. The molecule has 22 heavy (non-hydrogen) atoms. The maximum atomic E-state index is 13.0. The Hall–Kier alpha value is -2.10. The Kier molecular flexibility index (Phi) is 2.26. The van der Waals surface area contributed by atoms with Crippen molar-refractivity contribution in [2.75, 3.05) is 12.0 Å². The molecule has 2 bridgehead atoms. The van der Waals surface area contributed by atoms with E-state index in [9.17, 15) is 9.59 Å². The van der Waals surface area contributed by atoms with Crippen molar-refractivity contribution in [1.29, 1.82) is 0 Å². The van der Waals surface area contributed by atoms with E-state index in [1.807, 2.05) is 12.1 Å². The number of methoxy groups -OCH3 is 1. The minimum atomic E-state index is -0.156. The van der Waals surface area contributed by atoms with Crippen molar-refractivity contribution in [2.24, 2.45) is 35.5 Å². The number of hydrogen-bond donors (Lipinski definition) is 0. The van der Waals surface area contributed by atoms with Crippen LogP contribution in [0.4, 0.5) is 5.69 Å². The predicted octanol–water partition coefficient (Wildman–Crippen LogP) is 2.25. The number of hydrogen-bond acceptors (Lipinski definition) is 3. The molecule has 6 atom stereocenters. The van der Waals surface area contributed by atoms with E-state index >= 15 is 0 Å². The van der Waals surface area contributed by atoms with E-state index in [0.29, 0.717) is 23.3 Å². The Labute approximate surface area is 128 Å². The third kappa shape index (κ3) is 1.33. The Morgan fingerprint density at radius 1 is 1.00 bits per heavy atom. The molecule has 5 aliphatic rings. The van der Waals surface area contributed by atoms with Crippen LogP contribution in [-0.4, -0.2) is 18.9 Å². The number of benzene rings is 1. The van der Waals surface area contributed by atoms with E-state index in [0.717, 1.165) is 0 Å². The van der Waals surface area contributed by atoms with Crippen molar-refractivity contribution in [3.8, 4) is 5.75 Å². The van der Waals surface area contributed by atoms with E-state index in [4.69, 9.17) is 4.74 Å². The van der Waals surface area contributed by atoms with E-state index in [-0.39, 0.29) is 35.5 Å². The third-order valence-electron chi connectivity index (χ3n) is 5.99. The Bertz CT molecular complexity index is 689. The van der Waals surface area contributed by atoms with Gasteiger partial charge in [0.25, 0.3) is 0 Å². The number of allylic oxidation sites excluding steroid dienone is 2. The minimum absolute atomic E-state index is 0.0378. The fourth-order valence-corrected chi connectivity index (χ4v) is 5.01. The molecule has 0 radical (unpaired) electrons. The van der Waals surface area contributed by atoms with Gasteiger partial charge in [0.2, 0.25) is 11.8 Å². The molecule has 0 N–H and O–H groups in total. The molecule has 1 heterocycles. The largest absolute Gasteiger partial charge is 0.495 e. The Morgan fingerprint density at radius 3 is 2.18 bits per heavy atom. The van der Waals surface area contributed by atoms with Crippen LogP contribution in [0.25, 0.3) is 0 Å². The fourth-order valence-electron chi connectivity index (χ4n) is 5.01. The summed E-state index contributed by atoms with van der Waals surface area (Å²) in [5.41, 5.74) is 0.586. The third-order valence-corrected chi connectivity index (χ3v) is 5.99. The normalized spacial score (nSPS) is 40.7. The first kappa shape index (κ1) is 12.4. The lowest BCUT2D eigenvalue weighted by molar-refractivity contribution is -0.124. The predicted molar refractivity (Wildman–Crippen MR) is 80.2 cm³/mol. The molecule has 4 aliphatic carbocycles. The quantitative estimate of drug-likeness (QED) is 0.621. The zero-order chi connectivity index (χ0) is 15.0. The zero-order valence-electron chi connectivity index (χ0n) is 12.3. The van der Waals surface area contributed by atoms with Gasteiger partial charge < -0.3 is 4.74 Å². The van der Waals surface area contributed by atoms with Crippen LogP contribution >= 0.6 is 0 Å². The summed E-state index contributed by atoms with van der Waals surface area (Å²) >= 11 is 0. The summed E-state index contributed by atoms with van der Waals surface area (Å²) in [7, 11) is 1.57. The highest BCUT2D eigenvalue weighted by atomic mass is 16.5. The van der Waals surface area contributed by atoms with Gasteiger partial charge in [-0.25, -0.2) is 4.90 Å². The van der Waals surface area contributed by atoms with Gasteiger partial charge in [-0.2, -0.15) is 0 Å². The summed E-state index contributed by atoms with van der Waals surface area (Å²) < 4.78 is 5.35. The topological polar surface area (TPSA) is 46.6 Å². The SMILES string of the molecule is COc1ccccc1N1C(=O)[C@@H]2[C@H]3C=C[C@@H]([C@@H]4C[C@@H]34)[C@H]2C1=O. The second kappa shape index (κ2) is 4.00. The number of rotatable bonds is 2. The molecule has 0 spiro atoms. The number of amides is 2. The summed E-state index contributed by atoms with van der Waals surface area (Å²) in [4.78, 5) is 27.4. The number of anilines is 1. The van der Waals surface area contributed by atoms with Crippen molar-refractivity contribution >= 4 is 17.5 Å². The first-order valence-electron chi connectivity index (χ1n) is 7.91. The molecule has 6 rings (SSSR count). The lowest BCUT2D eigenvalue weighted by Gasteiger charge is -2.37. The molecule has 0 aromatic heterocycles. The summed E-state index contributed by atoms with van der Waals surface area (Å²) in [5, 5.41) is 0. The van der Waals surface area contributed by atoms with Gasteiger partial charge in [-0.05, 0) is 42.2 Å². The lowest BCUT2D eigenvalue weighted by atomic mass is 9.63. The maximum Gasteiger partial charge on any atom is 0.238 e. The van der Waals surface area contributed by atoms with Crippen molar-refractivity contribution < 1.29 is 14.3 Å². The maximum absolute atomic E-state index is 13.0. The van der Waals surface area contributed by atoms with Gasteiger partial charge in [0.1, 0.15) is 5.75 Å². The van der Waals surface area contributed by atoms with Crippen LogP contribution in [0.2, 0.25) is 0 Å². The smallest absolute Gasteiger partial charge is 0.238 e. The van der Waals surface area contributed by atoms with Gasteiger partial charge in [-0.15, -0.1) is 0 Å². The first-order chi connectivity index (χ1) is 10.7. The molecule has 1 aromatic carbocycles. The molecular weight excluding hydrogens is 278 g/mol. The summed E-state index contributed by atoms with van der Waals surface area (Å²) in [6.07, 6.45) is 5.57. The summed E-state index contributed by atoms with van der Waals surface area (Å²) in [6.45, 7) is 0. The standard InChI is InChI=1S/C18H17NO3/c1-22-14-5-3-2-4-13(14)19-17(20)15-9-6-7-10(12-8-11(9)12)16(15)18(19)21/h2-7,9-12,15-16H,8H2,1H3/t9-,10-,11-,12-,15+,16+/m0/s1. The number of carbonyl (C=O) groups excluding carboxylic acids is 2. The average Bonchev–Trinajstić information content (AvgIpc) is 3.32. The van der Waals surface area contributed by atoms with Crippen LogP contribution in [0.15, 0.2) is 36.4 Å². The molecule has 3 fully saturated rings. The van der Waals surface area contributed by atoms with Gasteiger partial charge in [0.15, 0.2) is 0 Å². The van der Waals surface area contributed by atoms with Crippen LogP contribution in [0.1, 0.15) is 6.42 Å². The Balaban J connectivity index is 1.60. The highest BCUT2D eigenvalue weighted by molar-refractivity contribution is 6.23. The molecule has 4 nitrogen and oxygen atoms in total. The summed E-state index contributed by atoms with van der Waals surface area (Å²) in [5.74, 6) is 1.97. The van der Waals surface area contributed by atoms with Crippen LogP contribution in [-0.2, 0) is 9.59 Å². The van der Waals surface area contributed by atoms with E-state index in [1.54, 1.807) is 19.2 Å². The van der Waals surface area contributed by atoms with Crippen molar-refractivity contribution in [2.45, 2.75) is 6.42 Å². The van der Waals surface area contributed by atoms with Crippen LogP contribution in [0.3, 0.4) is 0 Å². The van der Waals surface area contributed by atoms with Gasteiger partial charge in [-0.3, -0.25) is 9.59 Å². The zero-order valence-corrected chi connectivity index (χ0v) is 12.3. The molecule has 2 saturated carbocycles. The number of para-hydroxylation sites is 2. The van der Waals surface area contributed by atoms with E-state index < -0.39 is 0 Å². The first-order valence-corrected chi connectivity index (χ1v) is 7.91. The van der Waals surface area contributed by atoms with Gasteiger partial charge in [0.05, 0.1) is 24.6 Å². The fraction of sp³-hybridized carbons (Fsp3) is 0.444. The highest BCUT2D eigenvalue weighted by Gasteiger charge is 2.67. The molecule has 0 unspecified atom stereocenters. The number of carbonyl (C=O) groups is 2. The molecule has 1 aliphatic heterocycles. The molecule has 4 heteroatoms. The minimum Gasteiger partial charge on any atom is -0.495 e. The second-order valence-corrected chi connectivity index (χ2v) is 6.84. The van der Waals surface area contributed by atoms with Crippen LogP contribution < -0.4 is 9.64 Å². The van der Waals surface area contributed by atoms with E-state index in [1.165, 1.54) is 11.3 Å². The summed E-state index contributed by atoms with van der Waals surface area (Å²) in [6, 6.07) is 7.27. The number of nitrogens with zero attached hydrogens (tertiary/aromatic N) is 1. The van der Waals surface area contributed by atoms with Gasteiger partial charge in [0, 0.05) is 0 Å². The van der Waals surface area contributed by atoms with Crippen LogP contribution in [0.5, 0.6) is 5.75 Å². The van der Waals surface area contributed by atoms with Crippen molar-refractivity contribution in [3.05, 3.63) is 36.4 Å². The molecule has 1 saturated heterocycles. The van der Waals surface area contributed by atoms with Gasteiger partial charge in [-0.1, -0.05) is 24.3 Å². The van der Waals surface area contributed by atoms with Crippen molar-refractivity contribution in [3.63, 3.8) is 0 Å². The highest BCUT2D eigenvalue weighted by Crippen LogP contribution is 2.65.